The zero-order valence-electron chi connectivity index (χ0n) is 3.57. The summed E-state index contributed by atoms with van der Waals surface area (Å²) < 4.78 is 1.31. The lowest BCUT2D eigenvalue weighted by Gasteiger charge is -1.68. The Morgan fingerprint density at radius 1 is 1.71 bits per heavy atom. The summed E-state index contributed by atoms with van der Waals surface area (Å²) in [6.07, 6.45) is 4.61. The Kier molecular flexibility index (Phi) is 0.794. The van der Waals surface area contributed by atoms with Crippen LogP contribution in [0.2, 0.25) is 0 Å². The molecule has 3 heteroatoms. The highest BCUT2D eigenvalue weighted by Crippen LogP contribution is 1.79. The smallest absolute Gasteiger partial charge is 0.170 e. The van der Waals surface area contributed by atoms with Crippen LogP contribution in [0.5, 0.6) is 0 Å². The first kappa shape index (κ1) is 3.88. The van der Waals surface area contributed by atoms with Crippen molar-refractivity contribution in [2.75, 3.05) is 0 Å². The molecule has 0 N–H and O–H groups in total. The van der Waals surface area contributed by atoms with Crippen molar-refractivity contribution in [2.24, 2.45) is 0 Å². The highest BCUT2D eigenvalue weighted by atomic mass is 15.3. The van der Waals surface area contributed by atoms with Gasteiger partial charge in [-0.1, -0.05) is 0 Å². The summed E-state index contributed by atoms with van der Waals surface area (Å²) >= 11 is 0. The highest BCUT2D eigenvalue weighted by Gasteiger charge is 1.80. The normalized spacial score (nSPS) is 7.86. The topological polar surface area (TPSA) is 22.2 Å². The molecule has 1 heterocycles. The molecule has 0 atom stereocenters. The van der Waals surface area contributed by atoms with Crippen LogP contribution in [0.4, 0.5) is 0 Å². The molecule has 1 aromatic rings. The molecule has 0 aliphatic rings. The second kappa shape index (κ2) is 1.43. The predicted molar refractivity (Wildman–Crippen MR) is 24.2 cm³/mol. The molecule has 0 saturated carbocycles. The van der Waals surface area contributed by atoms with Gasteiger partial charge in [-0.05, 0) is 4.68 Å². The maximum atomic E-state index is 6.41. The molecule has 3 nitrogen and oxygen atoms in total. The van der Waals surface area contributed by atoms with Gasteiger partial charge in [0.05, 0.1) is 6.20 Å². The van der Waals surface area contributed by atoms with E-state index in [1.54, 1.807) is 12.4 Å². The standard InChI is InChI=1S/C4H3N3/c1-5-7-3-2-6-4-7/h2-4H. The van der Waals surface area contributed by atoms with Gasteiger partial charge in [-0.15, -0.1) is 0 Å². The van der Waals surface area contributed by atoms with Crippen molar-refractivity contribution in [3.05, 3.63) is 30.2 Å². The minimum Gasteiger partial charge on any atom is -0.238 e. The van der Waals surface area contributed by atoms with E-state index >= 15 is 0 Å². The number of hydrogen-bond donors (Lipinski definition) is 0. The third kappa shape index (κ3) is 0.578. The molecule has 7 heavy (non-hydrogen) atoms. The fourth-order valence-corrected chi connectivity index (χ4v) is 0.311. The van der Waals surface area contributed by atoms with Crippen LogP contribution < -0.4 is 0 Å². The van der Waals surface area contributed by atoms with Gasteiger partial charge in [-0.25, -0.2) is 4.98 Å². The summed E-state index contributed by atoms with van der Waals surface area (Å²) in [5, 5.41) is 0. The molecule has 34 valence electrons. The zero-order valence-corrected chi connectivity index (χ0v) is 3.57. The third-order valence-electron chi connectivity index (χ3n) is 0.606. The molecule has 1 aromatic heterocycles. The highest BCUT2D eigenvalue weighted by molar-refractivity contribution is 4.77. The zero-order chi connectivity index (χ0) is 5.11. The summed E-state index contributed by atoms with van der Waals surface area (Å²) in [7, 11) is 0. The van der Waals surface area contributed by atoms with Crippen molar-refractivity contribution >= 4 is 0 Å². The van der Waals surface area contributed by atoms with Gasteiger partial charge in [0.25, 0.3) is 0 Å². The van der Waals surface area contributed by atoms with Gasteiger partial charge >= 0.3 is 0 Å². The van der Waals surface area contributed by atoms with E-state index in [0.717, 1.165) is 0 Å². The number of aromatic nitrogens is 2. The minimum atomic E-state index is 1.31. The number of rotatable bonds is 0. The third-order valence-corrected chi connectivity index (χ3v) is 0.606. The fraction of sp³-hybridized carbons (Fsp3) is 0. The van der Waals surface area contributed by atoms with E-state index in [2.05, 4.69) is 9.94 Å². The van der Waals surface area contributed by atoms with Crippen LogP contribution in [-0.2, 0) is 0 Å². The first-order valence-corrected chi connectivity index (χ1v) is 1.79. The molecule has 0 radical (unpaired) electrons. The molecule has 0 amide bonds. The summed E-state index contributed by atoms with van der Waals surface area (Å²) in [6.45, 7) is 6.41. The Bertz CT molecular complexity index is 169. The minimum absolute atomic E-state index is 1.31. The molecule has 0 saturated heterocycles. The summed E-state index contributed by atoms with van der Waals surface area (Å²) in [6, 6.07) is 0. The lowest BCUT2D eigenvalue weighted by Crippen LogP contribution is -1.71. The summed E-state index contributed by atoms with van der Waals surface area (Å²) in [5.41, 5.74) is 0. The second-order valence-electron chi connectivity index (χ2n) is 1.04. The van der Waals surface area contributed by atoms with Crippen molar-refractivity contribution in [3.63, 3.8) is 0 Å². The Morgan fingerprint density at radius 3 is 2.86 bits per heavy atom. The van der Waals surface area contributed by atoms with Gasteiger partial charge in [-0.2, -0.15) is 11.5 Å². The first-order valence-electron chi connectivity index (χ1n) is 1.79. The van der Waals surface area contributed by atoms with Gasteiger partial charge in [-0.3, -0.25) is 0 Å². The number of hydrogen-bond acceptors (Lipinski definition) is 1. The predicted octanol–water partition coefficient (Wildman–Crippen LogP) is 0.565. The van der Waals surface area contributed by atoms with E-state index in [0.29, 0.717) is 0 Å². The number of imidazole rings is 1. The lowest BCUT2D eigenvalue weighted by atomic mass is 11.0. The first-order chi connectivity index (χ1) is 3.43. The van der Waals surface area contributed by atoms with Crippen LogP contribution in [-0.4, -0.2) is 9.66 Å². The van der Waals surface area contributed by atoms with Gasteiger partial charge < -0.3 is 0 Å². The summed E-state index contributed by atoms with van der Waals surface area (Å²) in [4.78, 5) is 6.68. The van der Waals surface area contributed by atoms with Gasteiger partial charge in [0.2, 0.25) is 0 Å². The van der Waals surface area contributed by atoms with Crippen molar-refractivity contribution in [1.82, 2.24) is 9.66 Å². The molecular formula is C4H3N3. The molecule has 0 bridgehead atoms. The molecule has 1 rings (SSSR count). The van der Waals surface area contributed by atoms with E-state index in [9.17, 15) is 0 Å². The Labute approximate surface area is 41.0 Å². The van der Waals surface area contributed by atoms with Crippen LogP contribution >= 0.6 is 0 Å². The SMILES string of the molecule is [C-]#[N+]n1ccnc1. The Morgan fingerprint density at radius 2 is 2.57 bits per heavy atom. The fourth-order valence-electron chi connectivity index (χ4n) is 0.311. The maximum Gasteiger partial charge on any atom is 0.170 e. The molecule has 0 fully saturated rings. The Hall–Kier alpha value is -1.30. The van der Waals surface area contributed by atoms with Crippen LogP contribution in [0.1, 0.15) is 0 Å². The van der Waals surface area contributed by atoms with Crippen LogP contribution in [0.25, 0.3) is 4.95 Å². The van der Waals surface area contributed by atoms with Crippen LogP contribution in [0.15, 0.2) is 18.7 Å². The second-order valence-corrected chi connectivity index (χ2v) is 1.04. The Balaban J connectivity index is 3.04. The monoisotopic (exact) mass is 93.0 g/mol. The molecule has 0 aromatic carbocycles. The van der Waals surface area contributed by atoms with Crippen molar-refractivity contribution in [2.45, 2.75) is 0 Å². The van der Waals surface area contributed by atoms with Crippen molar-refractivity contribution < 1.29 is 0 Å². The van der Waals surface area contributed by atoms with Crippen LogP contribution in [0, 0.1) is 6.57 Å². The van der Waals surface area contributed by atoms with E-state index in [1.807, 2.05) is 0 Å². The average molecular weight is 93.1 g/mol. The number of nitrogens with zero attached hydrogens (tertiary/aromatic N) is 3. The molecule has 0 spiro atoms. The van der Waals surface area contributed by atoms with Crippen molar-refractivity contribution in [3.8, 4) is 0 Å². The lowest BCUT2D eigenvalue weighted by molar-refractivity contribution is 1.06. The summed E-state index contributed by atoms with van der Waals surface area (Å²) in [5.74, 6) is 0. The van der Waals surface area contributed by atoms with E-state index in [1.165, 1.54) is 11.0 Å². The van der Waals surface area contributed by atoms with Gasteiger partial charge in [0.15, 0.2) is 6.33 Å². The van der Waals surface area contributed by atoms with Gasteiger partial charge in [0, 0.05) is 0 Å². The van der Waals surface area contributed by atoms with E-state index < -0.39 is 0 Å². The van der Waals surface area contributed by atoms with Gasteiger partial charge in [0.1, 0.15) is 6.20 Å². The van der Waals surface area contributed by atoms with Crippen LogP contribution in [0.3, 0.4) is 0 Å². The quantitative estimate of drug-likeness (QED) is 0.430. The van der Waals surface area contributed by atoms with E-state index in [4.69, 9.17) is 6.57 Å². The maximum absolute atomic E-state index is 6.41. The molecule has 0 unspecified atom stereocenters. The van der Waals surface area contributed by atoms with E-state index in [-0.39, 0.29) is 0 Å². The molecule has 0 aliphatic heterocycles. The van der Waals surface area contributed by atoms with Crippen molar-refractivity contribution in [1.29, 1.82) is 0 Å². The molecule has 0 aliphatic carbocycles. The average Bonchev–Trinajstić information content (AvgIpc) is 2.14. The molecular weight excluding hydrogens is 90.1 g/mol. The largest absolute Gasteiger partial charge is 0.238 e.